The standard InChI is InChI=1S/C11H13N/c1-3-9-4-5-10-6-7-12(2)11(10)8-9/h4-8H,3H2,1-2H3. The molecule has 0 aliphatic carbocycles. The Bertz CT molecular complexity index is 398. The molecule has 1 aromatic heterocycles. The molecule has 1 heterocycles. The van der Waals surface area contributed by atoms with Crippen molar-refractivity contribution in [3.8, 4) is 0 Å². The molecule has 0 atom stereocenters. The van der Waals surface area contributed by atoms with Gasteiger partial charge in [-0.25, -0.2) is 0 Å². The van der Waals surface area contributed by atoms with E-state index < -0.39 is 0 Å². The molecule has 0 aliphatic rings. The van der Waals surface area contributed by atoms with Gasteiger partial charge >= 0.3 is 0 Å². The van der Waals surface area contributed by atoms with Crippen molar-refractivity contribution >= 4 is 10.9 Å². The first-order valence-corrected chi connectivity index (χ1v) is 4.35. The zero-order chi connectivity index (χ0) is 8.55. The van der Waals surface area contributed by atoms with Crippen LogP contribution in [0.2, 0.25) is 0 Å². The van der Waals surface area contributed by atoms with Gasteiger partial charge in [0.05, 0.1) is 0 Å². The van der Waals surface area contributed by atoms with Crippen LogP contribution in [0, 0.1) is 0 Å². The van der Waals surface area contributed by atoms with Gasteiger partial charge < -0.3 is 4.57 Å². The summed E-state index contributed by atoms with van der Waals surface area (Å²) in [6.07, 6.45) is 3.21. The van der Waals surface area contributed by atoms with E-state index in [0.29, 0.717) is 0 Å². The van der Waals surface area contributed by atoms with E-state index >= 15 is 0 Å². The van der Waals surface area contributed by atoms with Crippen LogP contribution in [-0.4, -0.2) is 4.57 Å². The summed E-state index contributed by atoms with van der Waals surface area (Å²) in [6, 6.07) is 8.79. The van der Waals surface area contributed by atoms with Crippen LogP contribution < -0.4 is 0 Å². The maximum Gasteiger partial charge on any atom is 0.0480 e. The summed E-state index contributed by atoms with van der Waals surface area (Å²) in [4.78, 5) is 0. The molecule has 0 unspecified atom stereocenters. The van der Waals surface area contributed by atoms with E-state index in [1.54, 1.807) is 0 Å². The van der Waals surface area contributed by atoms with Crippen LogP contribution in [0.5, 0.6) is 0 Å². The van der Waals surface area contributed by atoms with E-state index in [0.717, 1.165) is 6.42 Å². The van der Waals surface area contributed by atoms with E-state index in [1.165, 1.54) is 16.5 Å². The van der Waals surface area contributed by atoms with Crippen molar-refractivity contribution in [3.63, 3.8) is 0 Å². The Labute approximate surface area is 72.6 Å². The molecule has 2 rings (SSSR count). The molecule has 0 radical (unpaired) electrons. The van der Waals surface area contributed by atoms with Crippen LogP contribution in [0.1, 0.15) is 12.5 Å². The van der Waals surface area contributed by atoms with E-state index in [2.05, 4.69) is 49.0 Å². The lowest BCUT2D eigenvalue weighted by atomic mass is 10.1. The highest BCUT2D eigenvalue weighted by molar-refractivity contribution is 5.80. The fourth-order valence-electron chi connectivity index (χ4n) is 1.53. The molecule has 1 heteroatoms. The third kappa shape index (κ3) is 1.02. The third-order valence-corrected chi connectivity index (χ3v) is 2.36. The molecule has 0 N–H and O–H groups in total. The molecule has 0 saturated carbocycles. The van der Waals surface area contributed by atoms with Crippen molar-refractivity contribution in [2.75, 3.05) is 0 Å². The molecule has 0 amide bonds. The Morgan fingerprint density at radius 2 is 2.08 bits per heavy atom. The zero-order valence-electron chi connectivity index (χ0n) is 7.54. The van der Waals surface area contributed by atoms with Gasteiger partial charge in [-0.1, -0.05) is 19.1 Å². The molecule has 1 aromatic carbocycles. The Kier molecular flexibility index (Phi) is 1.65. The lowest BCUT2D eigenvalue weighted by Crippen LogP contribution is -1.85. The number of hydrogen-bond acceptors (Lipinski definition) is 0. The summed E-state index contributed by atoms with van der Waals surface area (Å²) in [7, 11) is 2.09. The molecule has 62 valence electrons. The maximum atomic E-state index is 2.26. The molecule has 0 bridgehead atoms. The highest BCUT2D eigenvalue weighted by atomic mass is 14.9. The first-order valence-electron chi connectivity index (χ1n) is 4.35. The normalized spacial score (nSPS) is 10.8. The van der Waals surface area contributed by atoms with Gasteiger partial charge in [-0.2, -0.15) is 0 Å². The largest absolute Gasteiger partial charge is 0.351 e. The predicted molar refractivity (Wildman–Crippen MR) is 52.3 cm³/mol. The number of rotatable bonds is 1. The molecule has 1 nitrogen and oxygen atoms in total. The lowest BCUT2D eigenvalue weighted by Gasteiger charge is -1.99. The van der Waals surface area contributed by atoms with Crippen LogP contribution in [0.3, 0.4) is 0 Å². The summed E-state index contributed by atoms with van der Waals surface area (Å²) in [5.74, 6) is 0. The fourth-order valence-corrected chi connectivity index (χ4v) is 1.53. The smallest absolute Gasteiger partial charge is 0.0480 e. The van der Waals surface area contributed by atoms with Crippen molar-refractivity contribution < 1.29 is 0 Å². The first kappa shape index (κ1) is 7.41. The van der Waals surface area contributed by atoms with E-state index in [9.17, 15) is 0 Å². The topological polar surface area (TPSA) is 4.93 Å². The van der Waals surface area contributed by atoms with Crippen molar-refractivity contribution in [3.05, 3.63) is 36.0 Å². The number of hydrogen-bond donors (Lipinski definition) is 0. The molecular formula is C11H13N. The summed E-state index contributed by atoms with van der Waals surface area (Å²) in [6.45, 7) is 2.18. The molecule has 0 aliphatic heterocycles. The van der Waals surface area contributed by atoms with Gasteiger partial charge in [0.2, 0.25) is 0 Å². The molecule has 12 heavy (non-hydrogen) atoms. The number of nitrogens with zero attached hydrogens (tertiary/aromatic N) is 1. The fraction of sp³-hybridized carbons (Fsp3) is 0.273. The van der Waals surface area contributed by atoms with E-state index in [1.807, 2.05) is 0 Å². The van der Waals surface area contributed by atoms with Crippen LogP contribution in [0.25, 0.3) is 10.9 Å². The van der Waals surface area contributed by atoms with Crippen molar-refractivity contribution in [2.24, 2.45) is 7.05 Å². The van der Waals surface area contributed by atoms with Gasteiger partial charge in [-0.05, 0) is 29.5 Å². The van der Waals surface area contributed by atoms with Crippen LogP contribution in [0.4, 0.5) is 0 Å². The maximum absolute atomic E-state index is 2.26. The van der Waals surface area contributed by atoms with Crippen LogP contribution in [0.15, 0.2) is 30.5 Å². The van der Waals surface area contributed by atoms with Gasteiger partial charge in [-0.3, -0.25) is 0 Å². The Hall–Kier alpha value is -1.24. The highest BCUT2D eigenvalue weighted by Gasteiger charge is 1.97. The molecule has 0 saturated heterocycles. The zero-order valence-corrected chi connectivity index (χ0v) is 7.54. The lowest BCUT2D eigenvalue weighted by molar-refractivity contribution is 0.966. The van der Waals surface area contributed by atoms with Gasteiger partial charge in [0.25, 0.3) is 0 Å². The summed E-state index contributed by atoms with van der Waals surface area (Å²) in [5, 5.41) is 1.33. The Morgan fingerprint density at radius 3 is 2.83 bits per heavy atom. The molecule has 0 fully saturated rings. The van der Waals surface area contributed by atoms with Crippen molar-refractivity contribution in [1.82, 2.24) is 4.57 Å². The monoisotopic (exact) mass is 159 g/mol. The van der Waals surface area contributed by atoms with Gasteiger partial charge in [0, 0.05) is 18.8 Å². The summed E-state index contributed by atoms with van der Waals surface area (Å²) >= 11 is 0. The molecule has 2 aromatic rings. The number of benzene rings is 1. The minimum atomic E-state index is 1.11. The molecule has 0 spiro atoms. The number of fused-ring (bicyclic) bond motifs is 1. The van der Waals surface area contributed by atoms with Gasteiger partial charge in [-0.15, -0.1) is 0 Å². The van der Waals surface area contributed by atoms with Crippen molar-refractivity contribution in [2.45, 2.75) is 13.3 Å². The number of aromatic nitrogens is 1. The van der Waals surface area contributed by atoms with Gasteiger partial charge in [0.15, 0.2) is 0 Å². The molecular weight excluding hydrogens is 146 g/mol. The second-order valence-corrected chi connectivity index (χ2v) is 3.17. The first-order chi connectivity index (χ1) is 5.81. The Balaban J connectivity index is 2.71. The summed E-state index contributed by atoms with van der Waals surface area (Å²) < 4.78 is 2.16. The average Bonchev–Trinajstić information content (AvgIpc) is 2.47. The highest BCUT2D eigenvalue weighted by Crippen LogP contribution is 2.16. The van der Waals surface area contributed by atoms with Gasteiger partial charge in [0.1, 0.15) is 0 Å². The average molecular weight is 159 g/mol. The number of aryl methyl sites for hydroxylation is 2. The SMILES string of the molecule is CCc1ccc2ccn(C)c2c1. The van der Waals surface area contributed by atoms with E-state index in [-0.39, 0.29) is 0 Å². The second-order valence-electron chi connectivity index (χ2n) is 3.17. The third-order valence-electron chi connectivity index (χ3n) is 2.36. The quantitative estimate of drug-likeness (QED) is 0.603. The van der Waals surface area contributed by atoms with Crippen molar-refractivity contribution in [1.29, 1.82) is 0 Å². The summed E-state index contributed by atoms with van der Waals surface area (Å²) in [5.41, 5.74) is 2.73. The van der Waals surface area contributed by atoms with E-state index in [4.69, 9.17) is 0 Å². The minimum Gasteiger partial charge on any atom is -0.351 e. The predicted octanol–water partition coefficient (Wildman–Crippen LogP) is 2.74. The second kappa shape index (κ2) is 2.67. The van der Waals surface area contributed by atoms with Crippen LogP contribution in [-0.2, 0) is 13.5 Å². The van der Waals surface area contributed by atoms with Crippen LogP contribution >= 0.6 is 0 Å². The minimum absolute atomic E-state index is 1.11. The Morgan fingerprint density at radius 1 is 1.25 bits per heavy atom.